The number of nitriles is 1. The van der Waals surface area contributed by atoms with Crippen molar-refractivity contribution < 1.29 is 22.3 Å². The average Bonchev–Trinajstić information content (AvgIpc) is 3.70. The SMILES string of the molecule is CCN(c1ccc(C(=C2C=CC(=[N+](CC)c3c(C)cccc3C)C=C2)c2sc(N(C(=O)c3ccccc3S(=O)(=O)O)c3ccccc3C)c(C#N)c2-c2ccccc2C)cc1)c1c(C)cccc1C. The summed E-state index contributed by atoms with van der Waals surface area (Å²) in [5.41, 5.74) is 15.3. The molecule has 0 unspecified atom stereocenters. The zero-order chi connectivity index (χ0) is 49.1. The van der Waals surface area contributed by atoms with E-state index < -0.39 is 20.9 Å². The number of carbonyl (C=O) groups is 1. The van der Waals surface area contributed by atoms with Crippen LogP contribution in [0.2, 0.25) is 0 Å². The summed E-state index contributed by atoms with van der Waals surface area (Å²) in [5, 5.41) is 11.8. The average molecular weight is 948 g/mol. The van der Waals surface area contributed by atoms with Crippen LogP contribution in [0.4, 0.5) is 27.8 Å². The predicted octanol–water partition coefficient (Wildman–Crippen LogP) is 14.3. The molecule has 1 aromatic heterocycles. The Kier molecular flexibility index (Phi) is 14.0. The summed E-state index contributed by atoms with van der Waals surface area (Å²) >= 11 is 1.30. The molecule has 0 aliphatic heterocycles. The van der Waals surface area contributed by atoms with Crippen molar-refractivity contribution in [1.29, 1.82) is 5.26 Å². The largest absolute Gasteiger partial charge is 0.341 e. The third-order valence-electron chi connectivity index (χ3n) is 12.8. The van der Waals surface area contributed by atoms with Crippen LogP contribution in [-0.4, -0.2) is 42.3 Å². The van der Waals surface area contributed by atoms with Crippen molar-refractivity contribution in [3.05, 3.63) is 218 Å². The number of carbonyl (C=O) groups excluding carboxylic acids is 1. The van der Waals surface area contributed by atoms with E-state index in [-0.39, 0.29) is 11.1 Å². The van der Waals surface area contributed by atoms with Gasteiger partial charge in [-0.05, 0) is 137 Å². The molecule has 0 saturated carbocycles. The maximum absolute atomic E-state index is 15.3. The first-order valence-electron chi connectivity index (χ1n) is 23.0. The lowest BCUT2D eigenvalue weighted by molar-refractivity contribution is -0.435. The first-order valence-corrected chi connectivity index (χ1v) is 25.3. The number of aryl methyl sites for hydroxylation is 6. The van der Waals surface area contributed by atoms with E-state index in [0.717, 1.165) is 74.1 Å². The minimum Gasteiger partial charge on any atom is -0.341 e. The Balaban J connectivity index is 1.44. The van der Waals surface area contributed by atoms with E-state index in [2.05, 4.69) is 142 Å². The highest BCUT2D eigenvalue weighted by atomic mass is 32.2. The van der Waals surface area contributed by atoms with Crippen LogP contribution in [0.3, 0.4) is 0 Å². The summed E-state index contributed by atoms with van der Waals surface area (Å²) < 4.78 is 38.4. The zero-order valence-electron chi connectivity index (χ0n) is 40.2. The van der Waals surface area contributed by atoms with Gasteiger partial charge in [0.2, 0.25) is 11.4 Å². The van der Waals surface area contributed by atoms with Gasteiger partial charge in [-0.1, -0.05) is 103 Å². The van der Waals surface area contributed by atoms with Crippen LogP contribution in [0.25, 0.3) is 16.7 Å². The van der Waals surface area contributed by atoms with Crippen molar-refractivity contribution in [1.82, 2.24) is 0 Å². The number of hydrogen-bond donors (Lipinski definition) is 1. The van der Waals surface area contributed by atoms with Crippen LogP contribution >= 0.6 is 11.3 Å². The molecule has 1 aliphatic carbocycles. The van der Waals surface area contributed by atoms with Crippen LogP contribution < -0.4 is 9.80 Å². The molecule has 0 saturated heterocycles. The zero-order valence-corrected chi connectivity index (χ0v) is 41.8. The Morgan fingerprint density at radius 3 is 1.83 bits per heavy atom. The van der Waals surface area contributed by atoms with Crippen LogP contribution in [-0.2, 0) is 10.1 Å². The minimum atomic E-state index is -4.83. The van der Waals surface area contributed by atoms with Gasteiger partial charge in [-0.25, -0.2) is 0 Å². The molecule has 7 aromatic rings. The molecule has 10 heteroatoms. The molecule has 1 aliphatic rings. The standard InChI is InChI=1S/C59H54N4O4S2/c1-9-61(55-40(5)21-17-22-41(55)6)46-33-29-44(30-34-46)53(45-31-35-47(36-32-45)62(10-2)56-42(7)23-18-24-43(56)8)57-54(48-25-13-11-19-38(48)3)50(37-60)59(68-57)63(51-27-15-12-20-39(51)4)58(64)49-26-14-16-28-52(49)69(65,66)67/h11-36H,9-10H2,1-8H3/p+1. The minimum absolute atomic E-state index is 0.233. The number of allylic oxidation sites excluding steroid dienone is 5. The molecule has 346 valence electrons. The number of hydrogen-bond acceptors (Lipinski definition) is 6. The summed E-state index contributed by atoms with van der Waals surface area (Å²) in [6, 6.07) is 44.6. The van der Waals surface area contributed by atoms with E-state index in [0.29, 0.717) is 16.3 Å². The van der Waals surface area contributed by atoms with Gasteiger partial charge in [-0.15, -0.1) is 11.3 Å². The Morgan fingerprint density at radius 1 is 0.681 bits per heavy atom. The molecule has 8 nitrogen and oxygen atoms in total. The van der Waals surface area contributed by atoms with E-state index >= 15 is 4.79 Å². The van der Waals surface area contributed by atoms with Crippen molar-refractivity contribution in [3.63, 3.8) is 0 Å². The lowest BCUT2D eigenvalue weighted by Crippen LogP contribution is -2.28. The van der Waals surface area contributed by atoms with E-state index in [1.165, 1.54) is 56.7 Å². The quantitative estimate of drug-likeness (QED) is 0.0966. The van der Waals surface area contributed by atoms with Gasteiger partial charge >= 0.3 is 0 Å². The van der Waals surface area contributed by atoms with Gasteiger partial charge in [0, 0.05) is 57.2 Å². The summed E-state index contributed by atoms with van der Waals surface area (Å²) in [4.78, 5) is 19.3. The van der Waals surface area contributed by atoms with Gasteiger partial charge in [0.15, 0.2) is 0 Å². The van der Waals surface area contributed by atoms with Gasteiger partial charge in [-0.3, -0.25) is 14.2 Å². The maximum Gasteiger partial charge on any atom is 0.295 e. The summed E-state index contributed by atoms with van der Waals surface area (Å²) in [7, 11) is -4.83. The number of benzene rings is 6. The second-order valence-electron chi connectivity index (χ2n) is 17.2. The molecular formula is C59H55N4O4S2+. The number of amides is 1. The topological polar surface area (TPSA) is 105 Å². The monoisotopic (exact) mass is 947 g/mol. The molecule has 0 atom stereocenters. The first kappa shape index (κ1) is 48.1. The van der Waals surface area contributed by atoms with Gasteiger partial charge in [0.05, 0.1) is 16.8 Å². The molecule has 0 bridgehead atoms. The molecule has 69 heavy (non-hydrogen) atoms. The first-order chi connectivity index (χ1) is 33.2. The van der Waals surface area contributed by atoms with Crippen LogP contribution in [0.1, 0.15) is 73.6 Å². The fourth-order valence-corrected chi connectivity index (χ4v) is 11.6. The fourth-order valence-electron chi connectivity index (χ4n) is 9.53. The summed E-state index contributed by atoms with van der Waals surface area (Å²) in [5.74, 6) is -0.717. The van der Waals surface area contributed by atoms with Crippen LogP contribution in [0, 0.1) is 52.9 Å². The van der Waals surface area contributed by atoms with Gasteiger partial charge in [0.1, 0.15) is 22.5 Å². The van der Waals surface area contributed by atoms with Crippen molar-refractivity contribution in [2.45, 2.75) is 60.3 Å². The second-order valence-corrected chi connectivity index (χ2v) is 19.6. The van der Waals surface area contributed by atoms with Gasteiger partial charge in [-0.2, -0.15) is 18.3 Å². The lowest BCUT2D eigenvalue weighted by atomic mass is 9.89. The second kappa shape index (κ2) is 20.0. The number of anilines is 4. The molecule has 0 fully saturated rings. The Hall–Kier alpha value is -7.42. The van der Waals surface area contributed by atoms with Crippen molar-refractivity contribution in [2.24, 2.45) is 0 Å². The van der Waals surface area contributed by atoms with Crippen molar-refractivity contribution in [3.8, 4) is 17.2 Å². The third kappa shape index (κ3) is 9.29. The number of rotatable bonds is 12. The molecule has 0 radical (unpaired) electrons. The third-order valence-corrected chi connectivity index (χ3v) is 14.9. The Labute approximate surface area is 410 Å². The highest BCUT2D eigenvalue weighted by Crippen LogP contribution is 2.51. The van der Waals surface area contributed by atoms with Crippen LogP contribution in [0.5, 0.6) is 0 Å². The van der Waals surface area contributed by atoms with Crippen molar-refractivity contribution >= 4 is 66.4 Å². The van der Waals surface area contributed by atoms with Gasteiger partial charge < -0.3 is 4.90 Å². The van der Waals surface area contributed by atoms with E-state index in [1.54, 1.807) is 18.2 Å². The van der Waals surface area contributed by atoms with Crippen LogP contribution in [0.15, 0.2) is 168 Å². The van der Waals surface area contributed by atoms with Crippen molar-refractivity contribution in [2.75, 3.05) is 22.9 Å². The molecule has 6 aromatic carbocycles. The Bertz CT molecular complexity index is 3380. The Morgan fingerprint density at radius 2 is 1.25 bits per heavy atom. The number of nitrogens with zero attached hydrogens (tertiary/aromatic N) is 4. The molecular weight excluding hydrogens is 893 g/mol. The molecule has 1 amide bonds. The summed E-state index contributed by atoms with van der Waals surface area (Å²) in [6.45, 7) is 18.2. The van der Waals surface area contributed by atoms with Gasteiger partial charge in [0.25, 0.3) is 16.0 Å². The predicted molar refractivity (Wildman–Crippen MR) is 284 cm³/mol. The lowest BCUT2D eigenvalue weighted by Gasteiger charge is -2.27. The highest BCUT2D eigenvalue weighted by Gasteiger charge is 2.34. The molecule has 0 spiro atoms. The fraction of sp³-hybridized carbons (Fsp3) is 0.169. The van der Waals surface area contributed by atoms with E-state index in [9.17, 15) is 18.2 Å². The highest BCUT2D eigenvalue weighted by molar-refractivity contribution is 7.86. The van der Waals surface area contributed by atoms with E-state index in [4.69, 9.17) is 0 Å². The number of thiophene rings is 1. The maximum atomic E-state index is 15.3. The normalized spacial score (nSPS) is 12.2. The molecule has 1 N–H and O–H groups in total. The summed E-state index contributed by atoms with van der Waals surface area (Å²) in [6.07, 6.45) is 8.54. The molecule has 8 rings (SSSR count). The van der Waals surface area contributed by atoms with E-state index in [1.807, 2.05) is 50.2 Å². The molecule has 1 heterocycles. The smallest absolute Gasteiger partial charge is 0.295 e. The number of para-hydroxylation sites is 3.